The van der Waals surface area contributed by atoms with E-state index in [0.717, 1.165) is 19.3 Å². The summed E-state index contributed by atoms with van der Waals surface area (Å²) in [7, 11) is 0. The molecule has 2 rings (SSSR count). The molecule has 0 atom stereocenters. The summed E-state index contributed by atoms with van der Waals surface area (Å²) < 4.78 is 5.00. The summed E-state index contributed by atoms with van der Waals surface area (Å²) in [4.78, 5) is 42.2. The van der Waals surface area contributed by atoms with Gasteiger partial charge in [0.1, 0.15) is 11.4 Å². The lowest BCUT2D eigenvalue weighted by molar-refractivity contribution is 0.0856. The lowest BCUT2D eigenvalue weighted by Crippen LogP contribution is -2.46. The highest BCUT2D eigenvalue weighted by molar-refractivity contribution is 5.96. The normalized spacial score (nSPS) is 14.4. The third-order valence-electron chi connectivity index (χ3n) is 4.64. The summed E-state index contributed by atoms with van der Waals surface area (Å²) in [6.07, 6.45) is 4.07. The van der Waals surface area contributed by atoms with Gasteiger partial charge in [0.2, 0.25) is 0 Å². The van der Waals surface area contributed by atoms with E-state index in [-0.39, 0.29) is 35.3 Å². The number of ether oxygens (including phenoxy) is 1. The van der Waals surface area contributed by atoms with Crippen LogP contribution in [-0.2, 0) is 4.74 Å². The Kier molecular flexibility index (Phi) is 8.71. The Bertz CT molecular complexity index is 672. The summed E-state index contributed by atoms with van der Waals surface area (Å²) in [5.74, 6) is -0.580. The number of nitrogens with zero attached hydrogens (tertiary/aromatic N) is 2. The molecule has 0 unspecified atom stereocenters. The van der Waals surface area contributed by atoms with Crippen molar-refractivity contribution in [3.63, 3.8) is 0 Å². The quantitative estimate of drug-likeness (QED) is 0.664. The first-order valence-electron chi connectivity index (χ1n) is 10.0. The number of amides is 3. The molecular weight excluding hydrogens is 360 g/mol. The summed E-state index contributed by atoms with van der Waals surface area (Å²) in [6, 6.07) is 4.82. The number of piperidine rings is 1. The van der Waals surface area contributed by atoms with Crippen LogP contribution in [0.15, 0.2) is 18.2 Å². The Balaban J connectivity index is 1.84. The molecule has 0 aliphatic carbocycles. The Morgan fingerprint density at radius 2 is 1.79 bits per heavy atom. The topological polar surface area (TPSA) is 101 Å². The number of carbonyl (C=O) groups is 3. The Labute approximate surface area is 166 Å². The molecule has 8 nitrogen and oxygen atoms in total. The van der Waals surface area contributed by atoms with Gasteiger partial charge in [0.25, 0.3) is 11.8 Å². The van der Waals surface area contributed by atoms with Crippen LogP contribution in [0.3, 0.4) is 0 Å². The van der Waals surface area contributed by atoms with E-state index >= 15 is 0 Å². The van der Waals surface area contributed by atoms with Gasteiger partial charge in [-0.3, -0.25) is 9.59 Å². The fourth-order valence-corrected chi connectivity index (χ4v) is 3.04. The summed E-state index contributed by atoms with van der Waals surface area (Å²) >= 11 is 0. The van der Waals surface area contributed by atoms with Crippen molar-refractivity contribution in [2.45, 2.75) is 52.0 Å². The van der Waals surface area contributed by atoms with E-state index in [1.807, 2.05) is 0 Å². The zero-order valence-corrected chi connectivity index (χ0v) is 16.7. The lowest BCUT2D eigenvalue weighted by Gasteiger charge is -2.31. The number of carbonyl (C=O) groups excluding carboxylic acids is 3. The predicted octanol–water partition coefficient (Wildman–Crippen LogP) is 2.35. The molecule has 1 aromatic rings. The van der Waals surface area contributed by atoms with Gasteiger partial charge in [-0.25, -0.2) is 9.78 Å². The van der Waals surface area contributed by atoms with E-state index in [4.69, 9.17) is 4.74 Å². The maximum Gasteiger partial charge on any atom is 0.409 e. The van der Waals surface area contributed by atoms with Crippen molar-refractivity contribution in [2.24, 2.45) is 0 Å². The van der Waals surface area contributed by atoms with Crippen LogP contribution in [0.5, 0.6) is 0 Å². The van der Waals surface area contributed by atoms with E-state index in [9.17, 15) is 14.4 Å². The number of rotatable bonds is 8. The monoisotopic (exact) mass is 390 g/mol. The number of unbranched alkanes of at least 4 members (excludes halogenated alkanes) is 2. The van der Waals surface area contributed by atoms with Crippen molar-refractivity contribution < 1.29 is 19.1 Å². The van der Waals surface area contributed by atoms with E-state index < -0.39 is 0 Å². The van der Waals surface area contributed by atoms with Crippen molar-refractivity contribution in [2.75, 3.05) is 26.2 Å². The standard InChI is InChI=1S/C20H30N4O4/c1-3-5-6-12-21-18(25)16-8-7-9-17(23-16)19(26)22-15-10-13-24(14-11-15)20(27)28-4-2/h7-9,15H,3-6,10-14H2,1-2H3,(H,21,25)(H,22,26). The number of nitrogens with one attached hydrogen (secondary N) is 2. The van der Waals surface area contributed by atoms with E-state index in [2.05, 4.69) is 22.5 Å². The average molecular weight is 390 g/mol. The Morgan fingerprint density at radius 3 is 2.43 bits per heavy atom. The molecular formula is C20H30N4O4. The van der Waals surface area contributed by atoms with Crippen molar-refractivity contribution in [3.8, 4) is 0 Å². The minimum Gasteiger partial charge on any atom is -0.450 e. The molecule has 2 N–H and O–H groups in total. The first-order chi connectivity index (χ1) is 13.5. The fourth-order valence-electron chi connectivity index (χ4n) is 3.04. The van der Waals surface area contributed by atoms with Crippen LogP contribution >= 0.6 is 0 Å². The third kappa shape index (κ3) is 6.51. The molecule has 1 aliphatic rings. The second-order valence-electron chi connectivity index (χ2n) is 6.80. The van der Waals surface area contributed by atoms with Gasteiger partial charge in [0.05, 0.1) is 6.61 Å². The molecule has 8 heteroatoms. The SMILES string of the molecule is CCCCCNC(=O)c1cccc(C(=O)NC2CCN(C(=O)OCC)CC2)n1. The van der Waals surface area contributed by atoms with Crippen molar-refractivity contribution in [1.29, 1.82) is 0 Å². The summed E-state index contributed by atoms with van der Waals surface area (Å²) in [5, 5.41) is 5.77. The highest BCUT2D eigenvalue weighted by atomic mass is 16.6. The van der Waals surface area contributed by atoms with Gasteiger partial charge in [0.15, 0.2) is 0 Å². The molecule has 2 heterocycles. The maximum atomic E-state index is 12.5. The van der Waals surface area contributed by atoms with E-state index in [0.29, 0.717) is 39.1 Å². The molecule has 1 fully saturated rings. The smallest absolute Gasteiger partial charge is 0.409 e. The Hall–Kier alpha value is -2.64. The van der Waals surface area contributed by atoms with Crippen LogP contribution < -0.4 is 10.6 Å². The maximum absolute atomic E-state index is 12.5. The van der Waals surface area contributed by atoms with Gasteiger partial charge in [0, 0.05) is 25.7 Å². The van der Waals surface area contributed by atoms with Crippen molar-refractivity contribution >= 4 is 17.9 Å². The molecule has 3 amide bonds. The minimum atomic E-state index is -0.313. The molecule has 28 heavy (non-hydrogen) atoms. The van der Waals surface area contributed by atoms with Gasteiger partial charge in [-0.2, -0.15) is 0 Å². The van der Waals surface area contributed by atoms with Crippen LogP contribution in [0.4, 0.5) is 4.79 Å². The number of hydrogen-bond acceptors (Lipinski definition) is 5. The highest BCUT2D eigenvalue weighted by Crippen LogP contribution is 2.12. The molecule has 0 bridgehead atoms. The van der Waals surface area contributed by atoms with Gasteiger partial charge in [-0.1, -0.05) is 25.8 Å². The van der Waals surface area contributed by atoms with Crippen molar-refractivity contribution in [1.82, 2.24) is 20.5 Å². The molecule has 0 spiro atoms. The van der Waals surface area contributed by atoms with Crippen LogP contribution in [0, 0.1) is 0 Å². The van der Waals surface area contributed by atoms with Gasteiger partial charge >= 0.3 is 6.09 Å². The molecule has 0 saturated carbocycles. The third-order valence-corrected chi connectivity index (χ3v) is 4.64. The number of likely N-dealkylation sites (tertiary alicyclic amines) is 1. The van der Waals surface area contributed by atoms with Crippen LogP contribution in [-0.4, -0.2) is 60.1 Å². The molecule has 1 aromatic heterocycles. The summed E-state index contributed by atoms with van der Waals surface area (Å²) in [5.41, 5.74) is 0.454. The first-order valence-corrected chi connectivity index (χ1v) is 10.0. The zero-order valence-electron chi connectivity index (χ0n) is 16.7. The van der Waals surface area contributed by atoms with Gasteiger partial charge < -0.3 is 20.3 Å². The van der Waals surface area contributed by atoms with Gasteiger partial charge in [-0.15, -0.1) is 0 Å². The lowest BCUT2D eigenvalue weighted by atomic mass is 10.1. The number of aromatic nitrogens is 1. The fraction of sp³-hybridized carbons (Fsp3) is 0.600. The van der Waals surface area contributed by atoms with Crippen molar-refractivity contribution in [3.05, 3.63) is 29.6 Å². The zero-order chi connectivity index (χ0) is 20.4. The largest absolute Gasteiger partial charge is 0.450 e. The predicted molar refractivity (Wildman–Crippen MR) is 105 cm³/mol. The second-order valence-corrected chi connectivity index (χ2v) is 6.80. The van der Waals surface area contributed by atoms with Gasteiger partial charge in [-0.05, 0) is 38.3 Å². The Morgan fingerprint density at radius 1 is 1.11 bits per heavy atom. The molecule has 1 saturated heterocycles. The van der Waals surface area contributed by atoms with E-state index in [1.165, 1.54) is 0 Å². The first kappa shape index (κ1) is 21.7. The molecule has 0 aromatic carbocycles. The number of hydrogen-bond donors (Lipinski definition) is 2. The molecule has 1 aliphatic heterocycles. The molecule has 0 radical (unpaired) electrons. The summed E-state index contributed by atoms with van der Waals surface area (Å²) in [6.45, 7) is 5.91. The minimum absolute atomic E-state index is 0.0356. The van der Waals surface area contributed by atoms with Crippen LogP contribution in [0.1, 0.15) is 66.9 Å². The van der Waals surface area contributed by atoms with Crippen LogP contribution in [0.25, 0.3) is 0 Å². The van der Waals surface area contributed by atoms with Crippen LogP contribution in [0.2, 0.25) is 0 Å². The highest BCUT2D eigenvalue weighted by Gasteiger charge is 2.25. The average Bonchev–Trinajstić information content (AvgIpc) is 2.72. The van der Waals surface area contributed by atoms with E-state index in [1.54, 1.807) is 30.0 Å². The number of pyridine rings is 1. The molecule has 154 valence electrons. The second kappa shape index (κ2) is 11.3.